The summed E-state index contributed by atoms with van der Waals surface area (Å²) in [6.45, 7) is 4.10. The Kier molecular flexibility index (Phi) is 7.88. The fourth-order valence-corrected chi connectivity index (χ4v) is 2.17. The van der Waals surface area contributed by atoms with Crippen LogP contribution in [0.2, 0.25) is 0 Å². The number of esters is 1. The van der Waals surface area contributed by atoms with Crippen LogP contribution in [0.5, 0.6) is 11.5 Å². The molecular formula is C17H26N2O5. The van der Waals surface area contributed by atoms with Crippen molar-refractivity contribution in [1.29, 1.82) is 0 Å². The van der Waals surface area contributed by atoms with E-state index in [0.29, 0.717) is 24.5 Å². The molecule has 1 atom stereocenters. The number of amides is 2. The number of nitrogens with one attached hydrogen (secondary N) is 2. The zero-order valence-electron chi connectivity index (χ0n) is 14.8. The van der Waals surface area contributed by atoms with E-state index in [4.69, 9.17) is 9.47 Å². The van der Waals surface area contributed by atoms with Crippen LogP contribution in [0.15, 0.2) is 18.2 Å². The third-order valence-electron chi connectivity index (χ3n) is 3.56. The van der Waals surface area contributed by atoms with Crippen molar-refractivity contribution in [3.05, 3.63) is 23.8 Å². The molecule has 0 saturated carbocycles. The number of rotatable bonds is 8. The highest BCUT2D eigenvalue weighted by molar-refractivity contribution is 5.83. The van der Waals surface area contributed by atoms with Gasteiger partial charge in [-0.2, -0.15) is 0 Å². The topological polar surface area (TPSA) is 85.9 Å². The summed E-state index contributed by atoms with van der Waals surface area (Å²) in [6.07, 6.45) is 0.623. The zero-order chi connectivity index (χ0) is 18.1. The maximum absolute atomic E-state index is 11.9. The fraction of sp³-hybridized carbons (Fsp3) is 0.529. The molecule has 0 saturated heterocycles. The maximum Gasteiger partial charge on any atom is 0.328 e. The predicted octanol–water partition coefficient (Wildman–Crippen LogP) is 1.74. The Morgan fingerprint density at radius 3 is 2.29 bits per heavy atom. The molecule has 0 radical (unpaired) electrons. The molecule has 0 spiro atoms. The summed E-state index contributed by atoms with van der Waals surface area (Å²) in [5.41, 5.74) is 1.00. The van der Waals surface area contributed by atoms with Gasteiger partial charge in [0.15, 0.2) is 11.5 Å². The Morgan fingerprint density at radius 2 is 1.75 bits per heavy atom. The van der Waals surface area contributed by atoms with Crippen LogP contribution in [0.25, 0.3) is 0 Å². The van der Waals surface area contributed by atoms with Crippen LogP contribution in [0.4, 0.5) is 4.79 Å². The number of hydrogen-bond acceptors (Lipinski definition) is 5. The minimum Gasteiger partial charge on any atom is -0.493 e. The molecule has 0 aliphatic rings. The van der Waals surface area contributed by atoms with Gasteiger partial charge in [0.2, 0.25) is 0 Å². The van der Waals surface area contributed by atoms with E-state index in [0.717, 1.165) is 5.56 Å². The van der Waals surface area contributed by atoms with Crippen molar-refractivity contribution in [3.63, 3.8) is 0 Å². The summed E-state index contributed by atoms with van der Waals surface area (Å²) >= 11 is 0. The van der Waals surface area contributed by atoms with E-state index in [1.165, 1.54) is 7.11 Å². The number of methoxy groups -OCH3 is 3. The van der Waals surface area contributed by atoms with E-state index in [-0.39, 0.29) is 5.92 Å². The lowest BCUT2D eigenvalue weighted by atomic mass is 10.1. The van der Waals surface area contributed by atoms with Gasteiger partial charge in [0.1, 0.15) is 6.04 Å². The average molecular weight is 338 g/mol. The van der Waals surface area contributed by atoms with Gasteiger partial charge in [0, 0.05) is 6.54 Å². The van der Waals surface area contributed by atoms with E-state index in [9.17, 15) is 9.59 Å². The standard InChI is InChI=1S/C17H26N2O5/c1-11(2)15(16(20)24-5)19-17(21)18-9-8-12-6-7-13(22-3)14(10-12)23-4/h6-7,10-11,15H,8-9H2,1-5H3,(H2,18,19,21). The molecule has 1 unspecified atom stereocenters. The van der Waals surface area contributed by atoms with Gasteiger partial charge in [0.25, 0.3) is 0 Å². The highest BCUT2D eigenvalue weighted by Crippen LogP contribution is 2.27. The van der Waals surface area contributed by atoms with Crippen molar-refractivity contribution in [2.75, 3.05) is 27.9 Å². The van der Waals surface area contributed by atoms with Crippen LogP contribution in [-0.4, -0.2) is 45.9 Å². The zero-order valence-corrected chi connectivity index (χ0v) is 14.8. The third kappa shape index (κ3) is 5.64. The molecule has 24 heavy (non-hydrogen) atoms. The van der Waals surface area contributed by atoms with E-state index in [1.54, 1.807) is 14.2 Å². The van der Waals surface area contributed by atoms with Gasteiger partial charge >= 0.3 is 12.0 Å². The van der Waals surface area contributed by atoms with Gasteiger partial charge in [-0.05, 0) is 30.0 Å². The summed E-state index contributed by atoms with van der Waals surface area (Å²) in [5.74, 6) is 0.781. The molecule has 134 valence electrons. The van der Waals surface area contributed by atoms with Gasteiger partial charge < -0.3 is 24.8 Å². The SMILES string of the molecule is COC(=O)C(NC(=O)NCCc1ccc(OC)c(OC)c1)C(C)C. The first-order valence-electron chi connectivity index (χ1n) is 7.76. The van der Waals surface area contributed by atoms with Gasteiger partial charge in [-0.3, -0.25) is 0 Å². The van der Waals surface area contributed by atoms with E-state index < -0.39 is 18.0 Å². The molecule has 0 fully saturated rings. The first-order valence-corrected chi connectivity index (χ1v) is 7.76. The molecule has 1 aromatic carbocycles. The first-order chi connectivity index (χ1) is 11.4. The number of ether oxygens (including phenoxy) is 3. The Morgan fingerprint density at radius 1 is 1.08 bits per heavy atom. The van der Waals surface area contributed by atoms with E-state index >= 15 is 0 Å². The fourth-order valence-electron chi connectivity index (χ4n) is 2.17. The molecule has 1 rings (SSSR count). The normalized spacial score (nSPS) is 11.6. The maximum atomic E-state index is 11.9. The second kappa shape index (κ2) is 9.64. The molecule has 0 aromatic heterocycles. The molecule has 0 aliphatic heterocycles. The molecule has 2 amide bonds. The molecule has 0 bridgehead atoms. The van der Waals surface area contributed by atoms with Crippen LogP contribution in [-0.2, 0) is 16.0 Å². The highest BCUT2D eigenvalue weighted by Gasteiger charge is 2.24. The molecular weight excluding hydrogens is 312 g/mol. The van der Waals surface area contributed by atoms with Crippen molar-refractivity contribution in [3.8, 4) is 11.5 Å². The van der Waals surface area contributed by atoms with Gasteiger partial charge in [0.05, 0.1) is 21.3 Å². The number of carbonyl (C=O) groups is 2. The number of benzene rings is 1. The van der Waals surface area contributed by atoms with Gasteiger partial charge in [-0.1, -0.05) is 19.9 Å². The second-order valence-corrected chi connectivity index (χ2v) is 5.58. The largest absolute Gasteiger partial charge is 0.493 e. The van der Waals surface area contributed by atoms with Crippen LogP contribution in [0.1, 0.15) is 19.4 Å². The van der Waals surface area contributed by atoms with Crippen molar-refractivity contribution >= 4 is 12.0 Å². The summed E-state index contributed by atoms with van der Waals surface area (Å²) < 4.78 is 15.1. The lowest BCUT2D eigenvalue weighted by Gasteiger charge is -2.20. The Labute approximate surface area is 142 Å². The van der Waals surface area contributed by atoms with Crippen molar-refractivity contribution in [1.82, 2.24) is 10.6 Å². The number of carbonyl (C=O) groups excluding carboxylic acids is 2. The Hall–Kier alpha value is -2.44. The molecule has 7 nitrogen and oxygen atoms in total. The third-order valence-corrected chi connectivity index (χ3v) is 3.56. The first kappa shape index (κ1) is 19.6. The van der Waals surface area contributed by atoms with Gasteiger partial charge in [-0.15, -0.1) is 0 Å². The van der Waals surface area contributed by atoms with Crippen LogP contribution >= 0.6 is 0 Å². The van der Waals surface area contributed by atoms with Gasteiger partial charge in [-0.25, -0.2) is 9.59 Å². The van der Waals surface area contributed by atoms with E-state index in [1.807, 2.05) is 32.0 Å². The molecule has 7 heteroatoms. The van der Waals surface area contributed by atoms with Crippen molar-refractivity contribution in [2.24, 2.45) is 5.92 Å². The smallest absolute Gasteiger partial charge is 0.328 e. The molecule has 0 heterocycles. The summed E-state index contributed by atoms with van der Waals surface area (Å²) in [5, 5.41) is 5.36. The molecule has 2 N–H and O–H groups in total. The Bertz CT molecular complexity index is 560. The summed E-state index contributed by atoms with van der Waals surface area (Å²) in [6, 6.07) is 4.52. The van der Waals surface area contributed by atoms with Crippen molar-refractivity contribution < 1.29 is 23.8 Å². The van der Waals surface area contributed by atoms with E-state index in [2.05, 4.69) is 15.4 Å². The number of urea groups is 1. The Balaban J connectivity index is 2.52. The predicted molar refractivity (Wildman–Crippen MR) is 90.4 cm³/mol. The quantitative estimate of drug-likeness (QED) is 0.705. The minimum absolute atomic E-state index is 0.0611. The van der Waals surface area contributed by atoms with Crippen LogP contribution in [0.3, 0.4) is 0 Å². The highest BCUT2D eigenvalue weighted by atomic mass is 16.5. The summed E-state index contributed by atoms with van der Waals surface area (Å²) in [4.78, 5) is 23.5. The van der Waals surface area contributed by atoms with Crippen LogP contribution < -0.4 is 20.1 Å². The lowest BCUT2D eigenvalue weighted by molar-refractivity contribution is -0.143. The molecule has 1 aromatic rings. The second-order valence-electron chi connectivity index (χ2n) is 5.58. The lowest BCUT2D eigenvalue weighted by Crippen LogP contribution is -2.49. The monoisotopic (exact) mass is 338 g/mol. The average Bonchev–Trinajstić information content (AvgIpc) is 2.58. The van der Waals surface area contributed by atoms with Crippen LogP contribution in [0, 0.1) is 5.92 Å². The minimum atomic E-state index is -0.670. The summed E-state index contributed by atoms with van der Waals surface area (Å²) in [7, 11) is 4.45. The van der Waals surface area contributed by atoms with Crippen molar-refractivity contribution in [2.45, 2.75) is 26.3 Å². The number of hydrogen-bond donors (Lipinski definition) is 2. The molecule has 0 aliphatic carbocycles.